The molecule has 0 saturated heterocycles. The average molecular weight is 476 g/mol. The molecule has 1 fully saturated rings. The Morgan fingerprint density at radius 2 is 2.00 bits per heavy atom. The summed E-state index contributed by atoms with van der Waals surface area (Å²) in [7, 11) is 2.97. The summed E-state index contributed by atoms with van der Waals surface area (Å²) in [6, 6.07) is 11.0. The molecule has 2 aromatic rings. The fraction of sp³-hybridized carbons (Fsp3) is 0.333. The second kappa shape index (κ2) is 9.46. The van der Waals surface area contributed by atoms with Crippen LogP contribution in [0.4, 0.5) is 10.5 Å². The van der Waals surface area contributed by atoms with Crippen molar-refractivity contribution in [2.45, 2.75) is 32.3 Å². The maximum Gasteiger partial charge on any atom is 0.352 e. The van der Waals surface area contributed by atoms with E-state index in [2.05, 4.69) is 27.2 Å². The number of urea groups is 1. The minimum Gasteiger partial charge on any atom is -0.488 e. The lowest BCUT2D eigenvalue weighted by molar-refractivity contribution is 0.213. The molecule has 30 heavy (non-hydrogen) atoms. The summed E-state index contributed by atoms with van der Waals surface area (Å²) in [6.07, 6.45) is 2.23. The van der Waals surface area contributed by atoms with E-state index < -0.39 is 6.03 Å². The van der Waals surface area contributed by atoms with Gasteiger partial charge in [0.25, 0.3) is 0 Å². The summed E-state index contributed by atoms with van der Waals surface area (Å²) in [6.45, 7) is 2.13. The third-order valence-electron chi connectivity index (χ3n) is 4.92. The van der Waals surface area contributed by atoms with Crippen LogP contribution in [0.15, 0.2) is 46.0 Å². The van der Waals surface area contributed by atoms with Gasteiger partial charge in [0.05, 0.1) is 15.9 Å². The Hall–Kier alpha value is -2.62. The van der Waals surface area contributed by atoms with Crippen molar-refractivity contribution in [1.29, 1.82) is 0 Å². The Kier molecular flexibility index (Phi) is 6.96. The van der Waals surface area contributed by atoms with Crippen LogP contribution in [0.25, 0.3) is 0 Å². The molecule has 4 N–H and O–H groups in total. The number of nitrogens with two attached hydrogens (primary N) is 2. The summed E-state index contributed by atoms with van der Waals surface area (Å²) in [5, 5.41) is 5.96. The minimum absolute atomic E-state index is 0.264. The van der Waals surface area contributed by atoms with Crippen molar-refractivity contribution < 1.29 is 14.4 Å². The van der Waals surface area contributed by atoms with Gasteiger partial charge in [-0.25, -0.2) is 21.5 Å². The Morgan fingerprint density at radius 3 is 2.60 bits per heavy atom. The molecule has 0 aliphatic heterocycles. The van der Waals surface area contributed by atoms with Gasteiger partial charge in [-0.15, -0.1) is 0 Å². The largest absolute Gasteiger partial charge is 0.488 e. The number of oxime groups is 1. The average Bonchev–Trinajstić information content (AvgIpc) is 3.57. The highest BCUT2D eigenvalue weighted by Gasteiger charge is 2.29. The lowest BCUT2D eigenvalue weighted by atomic mass is 10.0. The van der Waals surface area contributed by atoms with Crippen LogP contribution in [-0.4, -0.2) is 30.9 Å². The summed E-state index contributed by atoms with van der Waals surface area (Å²) in [4.78, 5) is 17.1. The van der Waals surface area contributed by atoms with Crippen LogP contribution >= 0.6 is 15.9 Å². The van der Waals surface area contributed by atoms with E-state index in [9.17, 15) is 4.79 Å². The van der Waals surface area contributed by atoms with Gasteiger partial charge in [0.2, 0.25) is 0 Å². The molecule has 3 rings (SSSR count). The van der Waals surface area contributed by atoms with Gasteiger partial charge in [-0.2, -0.15) is 0 Å². The van der Waals surface area contributed by atoms with Gasteiger partial charge in [-0.3, -0.25) is 5.01 Å². The molecule has 0 spiro atoms. The minimum atomic E-state index is -0.511. The van der Waals surface area contributed by atoms with Crippen LogP contribution in [0.5, 0.6) is 5.75 Å². The van der Waals surface area contributed by atoms with Crippen molar-refractivity contribution in [3.8, 4) is 5.75 Å². The van der Waals surface area contributed by atoms with E-state index in [0.29, 0.717) is 17.4 Å². The van der Waals surface area contributed by atoms with Crippen molar-refractivity contribution in [3.05, 3.63) is 57.6 Å². The predicted molar refractivity (Wildman–Crippen MR) is 120 cm³/mol. The SMILES string of the molecule is CO/N=C(\C)c1ccc(OCc2c(C3CC3)cccc2N(N)C(=O)N(C)N)c(Br)c1. The van der Waals surface area contributed by atoms with Crippen molar-refractivity contribution in [1.82, 2.24) is 5.01 Å². The second-order valence-corrected chi connectivity index (χ2v) is 8.03. The molecule has 0 aromatic heterocycles. The van der Waals surface area contributed by atoms with E-state index in [-0.39, 0.29) is 6.61 Å². The van der Waals surface area contributed by atoms with Crippen molar-refractivity contribution in [2.24, 2.45) is 16.8 Å². The first-order valence-electron chi connectivity index (χ1n) is 9.53. The number of benzene rings is 2. The highest BCUT2D eigenvalue weighted by molar-refractivity contribution is 9.10. The highest BCUT2D eigenvalue weighted by atomic mass is 79.9. The van der Waals surface area contributed by atoms with Crippen LogP contribution in [0.3, 0.4) is 0 Å². The quantitative estimate of drug-likeness (QED) is 0.273. The Morgan fingerprint density at radius 1 is 1.27 bits per heavy atom. The number of hydrazine groups is 2. The summed E-state index contributed by atoms with van der Waals surface area (Å²) in [5.41, 5.74) is 4.28. The van der Waals surface area contributed by atoms with Crippen molar-refractivity contribution in [3.63, 3.8) is 0 Å². The Bertz CT molecular complexity index is 960. The number of nitrogens with zero attached hydrogens (tertiary/aromatic N) is 3. The molecule has 9 heteroatoms. The summed E-state index contributed by atoms with van der Waals surface area (Å²) in [5.74, 6) is 12.8. The molecule has 2 amide bonds. The van der Waals surface area contributed by atoms with E-state index in [0.717, 1.165) is 49.7 Å². The van der Waals surface area contributed by atoms with E-state index >= 15 is 0 Å². The van der Waals surface area contributed by atoms with Gasteiger partial charge >= 0.3 is 6.03 Å². The Labute approximate surface area is 184 Å². The van der Waals surface area contributed by atoms with E-state index in [1.54, 1.807) is 6.07 Å². The number of halogens is 1. The fourth-order valence-corrected chi connectivity index (χ4v) is 3.70. The third-order valence-corrected chi connectivity index (χ3v) is 5.54. The van der Waals surface area contributed by atoms with E-state index in [1.807, 2.05) is 31.2 Å². The predicted octanol–water partition coefficient (Wildman–Crippen LogP) is 3.88. The van der Waals surface area contributed by atoms with E-state index in [4.69, 9.17) is 21.3 Å². The van der Waals surface area contributed by atoms with Gasteiger partial charge in [-0.05, 0) is 71.4 Å². The number of hydrogen-bond acceptors (Lipinski definition) is 6. The maximum absolute atomic E-state index is 12.3. The van der Waals surface area contributed by atoms with Gasteiger partial charge < -0.3 is 9.57 Å². The molecule has 0 bridgehead atoms. The first kappa shape index (κ1) is 22.1. The van der Waals surface area contributed by atoms with Crippen LogP contribution in [-0.2, 0) is 11.4 Å². The van der Waals surface area contributed by atoms with Gasteiger partial charge in [0.1, 0.15) is 19.5 Å². The molecule has 160 valence electrons. The zero-order valence-electron chi connectivity index (χ0n) is 17.3. The van der Waals surface area contributed by atoms with E-state index in [1.165, 1.54) is 14.2 Å². The van der Waals surface area contributed by atoms with Crippen LogP contribution in [0.2, 0.25) is 0 Å². The molecule has 0 heterocycles. The second-order valence-electron chi connectivity index (χ2n) is 7.18. The maximum atomic E-state index is 12.3. The molecule has 1 saturated carbocycles. The summed E-state index contributed by atoms with van der Waals surface area (Å²) < 4.78 is 6.90. The monoisotopic (exact) mass is 475 g/mol. The molecule has 0 radical (unpaired) electrons. The Balaban J connectivity index is 1.87. The molecule has 1 aliphatic rings. The molecular formula is C21H26BrN5O3. The molecule has 1 aliphatic carbocycles. The number of hydrogen-bond donors (Lipinski definition) is 2. The first-order valence-corrected chi connectivity index (χ1v) is 10.3. The van der Waals surface area contributed by atoms with Crippen LogP contribution in [0.1, 0.15) is 42.4 Å². The van der Waals surface area contributed by atoms with Gasteiger partial charge in [0.15, 0.2) is 0 Å². The molecular weight excluding hydrogens is 450 g/mol. The topological polar surface area (TPSA) is 106 Å². The number of anilines is 1. The van der Waals surface area contributed by atoms with Crippen LogP contribution < -0.4 is 21.4 Å². The molecule has 0 unspecified atom stereocenters. The normalized spacial score (nSPS) is 13.7. The van der Waals surface area contributed by atoms with Gasteiger partial charge in [-0.1, -0.05) is 17.3 Å². The van der Waals surface area contributed by atoms with Gasteiger partial charge in [0, 0.05) is 18.2 Å². The van der Waals surface area contributed by atoms with Crippen LogP contribution in [0, 0.1) is 0 Å². The molecule has 0 atom stereocenters. The zero-order chi connectivity index (χ0) is 21.8. The summed E-state index contributed by atoms with van der Waals surface area (Å²) >= 11 is 3.56. The van der Waals surface area contributed by atoms with Crippen molar-refractivity contribution >= 4 is 33.4 Å². The number of rotatable bonds is 7. The third kappa shape index (κ3) is 4.92. The highest BCUT2D eigenvalue weighted by Crippen LogP contribution is 2.44. The molecule has 2 aromatic carbocycles. The lowest BCUT2D eigenvalue weighted by Crippen LogP contribution is -2.49. The standard InChI is InChI=1S/C21H26BrN5O3/c1-13(25-29-3)15-9-10-20(18(22)11-15)30-12-17-16(14-7-8-14)5-4-6-19(17)27(24)21(28)26(2)23/h4-6,9-11,14H,7-8,12,23-24H2,1-3H3/b25-13+. The number of carbonyl (C=O) groups is 1. The fourth-order valence-electron chi connectivity index (χ4n) is 3.21. The molecule has 8 nitrogen and oxygen atoms in total. The lowest BCUT2D eigenvalue weighted by Gasteiger charge is -2.25. The smallest absolute Gasteiger partial charge is 0.352 e. The van der Waals surface area contributed by atoms with Crippen molar-refractivity contribution in [2.75, 3.05) is 19.2 Å². The first-order chi connectivity index (χ1) is 14.3. The number of ether oxygens (including phenoxy) is 1. The zero-order valence-corrected chi connectivity index (χ0v) is 18.8. The number of carbonyl (C=O) groups excluding carboxylic acids is 1. The number of amides is 2.